The molecule has 0 saturated heterocycles. The summed E-state index contributed by atoms with van der Waals surface area (Å²) in [6.07, 6.45) is 0. The second-order valence-electron chi connectivity index (χ2n) is 5.02. The zero-order chi connectivity index (χ0) is 15.3. The minimum absolute atomic E-state index is 0.160. The van der Waals surface area contributed by atoms with Crippen LogP contribution in [-0.2, 0) is 10.1 Å². The fraction of sp³-hybridized carbons (Fsp3) is 0. The van der Waals surface area contributed by atoms with Crippen LogP contribution in [-0.4, -0.2) is 28.2 Å². The van der Waals surface area contributed by atoms with Crippen molar-refractivity contribution in [1.82, 2.24) is 15.2 Å². The summed E-state index contributed by atoms with van der Waals surface area (Å²) in [4.78, 5) is 3.12. The average Bonchev–Trinajstić information content (AvgIpc) is 3.08. The van der Waals surface area contributed by atoms with Gasteiger partial charge >= 0.3 is 0 Å². The van der Waals surface area contributed by atoms with Gasteiger partial charge < -0.3 is 4.98 Å². The summed E-state index contributed by atoms with van der Waals surface area (Å²) in [7, 11) is -4.23. The van der Waals surface area contributed by atoms with Gasteiger partial charge in [-0.3, -0.25) is 9.65 Å². The van der Waals surface area contributed by atoms with E-state index in [1.54, 1.807) is 6.07 Å². The lowest BCUT2D eigenvalue weighted by Crippen LogP contribution is -1.97. The number of para-hydroxylation sites is 1. The molecule has 2 heterocycles. The fourth-order valence-electron chi connectivity index (χ4n) is 2.57. The second kappa shape index (κ2) is 4.43. The maximum atomic E-state index is 11.2. The molecule has 6 nitrogen and oxygen atoms in total. The molecule has 110 valence electrons. The van der Waals surface area contributed by atoms with E-state index in [2.05, 4.69) is 15.2 Å². The molecule has 22 heavy (non-hydrogen) atoms. The third-order valence-corrected chi connectivity index (χ3v) is 4.47. The minimum Gasteiger partial charge on any atom is -0.353 e. The van der Waals surface area contributed by atoms with Gasteiger partial charge in [0.2, 0.25) is 0 Å². The molecule has 0 atom stereocenters. The highest BCUT2D eigenvalue weighted by Crippen LogP contribution is 2.29. The van der Waals surface area contributed by atoms with Crippen LogP contribution < -0.4 is 0 Å². The Hall–Kier alpha value is -2.64. The Bertz CT molecular complexity index is 1080. The van der Waals surface area contributed by atoms with Crippen molar-refractivity contribution in [3.63, 3.8) is 0 Å². The van der Waals surface area contributed by atoms with Gasteiger partial charge in [-0.25, -0.2) is 0 Å². The van der Waals surface area contributed by atoms with Crippen LogP contribution >= 0.6 is 0 Å². The molecule has 0 aliphatic rings. The largest absolute Gasteiger partial charge is 0.353 e. The first-order chi connectivity index (χ1) is 10.5. The van der Waals surface area contributed by atoms with Crippen molar-refractivity contribution in [2.24, 2.45) is 0 Å². The molecule has 7 heteroatoms. The molecule has 0 aliphatic carbocycles. The highest BCUT2D eigenvalue weighted by atomic mass is 32.2. The summed E-state index contributed by atoms with van der Waals surface area (Å²) in [5, 5.41) is 8.90. The number of nitrogens with one attached hydrogen (secondary N) is 2. The number of rotatable bonds is 2. The van der Waals surface area contributed by atoms with Gasteiger partial charge in [0.25, 0.3) is 10.1 Å². The molecule has 4 aromatic rings. The number of benzene rings is 2. The van der Waals surface area contributed by atoms with Gasteiger partial charge in [0.15, 0.2) is 0 Å². The normalized spacial score (nSPS) is 12.2. The molecule has 3 N–H and O–H groups in total. The Balaban J connectivity index is 1.92. The third kappa shape index (κ3) is 1.99. The van der Waals surface area contributed by atoms with Crippen molar-refractivity contribution in [3.05, 3.63) is 48.5 Å². The molecular formula is C15H11N3O3S. The predicted molar refractivity (Wildman–Crippen MR) is 83.2 cm³/mol. The van der Waals surface area contributed by atoms with Gasteiger partial charge in [-0.05, 0) is 30.3 Å². The van der Waals surface area contributed by atoms with Crippen molar-refractivity contribution in [3.8, 4) is 11.4 Å². The van der Waals surface area contributed by atoms with Crippen LogP contribution in [0, 0.1) is 0 Å². The maximum absolute atomic E-state index is 11.2. The lowest BCUT2D eigenvalue weighted by Gasteiger charge is -1.97. The first-order valence-electron chi connectivity index (χ1n) is 6.56. The van der Waals surface area contributed by atoms with E-state index in [9.17, 15) is 8.42 Å². The monoisotopic (exact) mass is 313 g/mol. The van der Waals surface area contributed by atoms with Crippen molar-refractivity contribution < 1.29 is 13.0 Å². The molecule has 0 radical (unpaired) electrons. The summed E-state index contributed by atoms with van der Waals surface area (Å²) < 4.78 is 31.5. The van der Waals surface area contributed by atoms with Gasteiger partial charge in [-0.15, -0.1) is 0 Å². The van der Waals surface area contributed by atoms with Gasteiger partial charge in [0, 0.05) is 16.3 Å². The molecule has 4 rings (SSSR count). The van der Waals surface area contributed by atoms with E-state index in [-0.39, 0.29) is 4.90 Å². The van der Waals surface area contributed by atoms with Gasteiger partial charge in [0.1, 0.15) is 5.69 Å². The maximum Gasteiger partial charge on any atom is 0.294 e. The molecule has 0 aliphatic heterocycles. The van der Waals surface area contributed by atoms with Crippen LogP contribution in [0.3, 0.4) is 0 Å². The number of hydrogen-bond acceptors (Lipinski definition) is 3. The minimum atomic E-state index is -4.23. The Morgan fingerprint density at radius 1 is 1.00 bits per heavy atom. The molecule has 0 spiro atoms. The Kier molecular flexibility index (Phi) is 2.63. The van der Waals surface area contributed by atoms with E-state index in [0.717, 1.165) is 22.0 Å². The van der Waals surface area contributed by atoms with Gasteiger partial charge in [0.05, 0.1) is 16.1 Å². The number of aromatic nitrogens is 3. The molecule has 0 amide bonds. The fourth-order valence-corrected chi connectivity index (χ4v) is 3.07. The van der Waals surface area contributed by atoms with E-state index < -0.39 is 10.1 Å². The van der Waals surface area contributed by atoms with Crippen LogP contribution in [0.25, 0.3) is 33.2 Å². The highest BCUT2D eigenvalue weighted by molar-refractivity contribution is 7.85. The SMILES string of the molecule is O=S(=O)(O)c1ccc2c(-c3cc4ccccc4[nH]3)n[nH]c2c1. The summed E-state index contributed by atoms with van der Waals surface area (Å²) >= 11 is 0. The molecule has 2 aromatic carbocycles. The van der Waals surface area contributed by atoms with Crippen LogP contribution in [0.4, 0.5) is 0 Å². The first kappa shape index (κ1) is 13.1. The van der Waals surface area contributed by atoms with E-state index in [1.807, 2.05) is 30.3 Å². The van der Waals surface area contributed by atoms with Crippen LogP contribution in [0.1, 0.15) is 0 Å². The Morgan fingerprint density at radius 3 is 2.59 bits per heavy atom. The molecule has 0 unspecified atom stereocenters. The van der Waals surface area contributed by atoms with E-state index in [4.69, 9.17) is 4.55 Å². The van der Waals surface area contributed by atoms with E-state index >= 15 is 0 Å². The number of H-pyrrole nitrogens is 2. The number of hydrogen-bond donors (Lipinski definition) is 3. The molecule has 0 bridgehead atoms. The van der Waals surface area contributed by atoms with Crippen LogP contribution in [0.15, 0.2) is 53.4 Å². The van der Waals surface area contributed by atoms with E-state index in [0.29, 0.717) is 11.2 Å². The average molecular weight is 313 g/mol. The zero-order valence-electron chi connectivity index (χ0n) is 11.2. The van der Waals surface area contributed by atoms with Gasteiger partial charge in [-0.2, -0.15) is 13.5 Å². The topological polar surface area (TPSA) is 98.8 Å². The Morgan fingerprint density at radius 2 is 1.82 bits per heavy atom. The summed E-state index contributed by atoms with van der Waals surface area (Å²) in [5.74, 6) is 0. The van der Waals surface area contributed by atoms with Crippen molar-refractivity contribution in [2.75, 3.05) is 0 Å². The molecule has 0 saturated carbocycles. The first-order valence-corrected chi connectivity index (χ1v) is 8.00. The highest BCUT2D eigenvalue weighted by Gasteiger charge is 2.15. The second-order valence-corrected chi connectivity index (χ2v) is 6.45. The number of fused-ring (bicyclic) bond motifs is 2. The van der Waals surface area contributed by atoms with E-state index in [1.165, 1.54) is 12.1 Å². The van der Waals surface area contributed by atoms with Crippen molar-refractivity contribution in [1.29, 1.82) is 0 Å². The zero-order valence-corrected chi connectivity index (χ0v) is 12.1. The molecule has 2 aromatic heterocycles. The summed E-state index contributed by atoms with van der Waals surface area (Å²) in [6, 6.07) is 14.2. The molecular weight excluding hydrogens is 302 g/mol. The van der Waals surface area contributed by atoms with Crippen molar-refractivity contribution in [2.45, 2.75) is 4.90 Å². The van der Waals surface area contributed by atoms with Crippen molar-refractivity contribution >= 4 is 31.9 Å². The molecule has 0 fully saturated rings. The lowest BCUT2D eigenvalue weighted by molar-refractivity contribution is 0.483. The number of nitrogens with zero attached hydrogens (tertiary/aromatic N) is 1. The van der Waals surface area contributed by atoms with Gasteiger partial charge in [-0.1, -0.05) is 18.2 Å². The third-order valence-electron chi connectivity index (χ3n) is 3.62. The summed E-state index contributed by atoms with van der Waals surface area (Å²) in [5.41, 5.74) is 3.09. The predicted octanol–water partition coefficient (Wildman–Crippen LogP) is 2.96. The smallest absolute Gasteiger partial charge is 0.294 e. The Labute approximate surface area is 125 Å². The quantitative estimate of drug-likeness (QED) is 0.495. The lowest BCUT2D eigenvalue weighted by atomic mass is 10.1. The standard InChI is InChI=1S/C15H11N3O3S/c19-22(20,21)10-5-6-11-13(8-10)17-18-15(11)14-7-9-3-1-2-4-12(9)16-14/h1-8,16H,(H,17,18)(H,19,20,21). The van der Waals surface area contributed by atoms with Crippen LogP contribution in [0.5, 0.6) is 0 Å². The summed E-state index contributed by atoms with van der Waals surface area (Å²) in [6.45, 7) is 0. The van der Waals surface area contributed by atoms with Crippen LogP contribution in [0.2, 0.25) is 0 Å². The number of aromatic amines is 2.